The van der Waals surface area contributed by atoms with Crippen LogP contribution in [-0.4, -0.2) is 33.1 Å². The number of nitrogens with zero attached hydrogens (tertiary/aromatic N) is 1. The number of ether oxygens (including phenoxy) is 1. The quantitative estimate of drug-likeness (QED) is 0.776. The summed E-state index contributed by atoms with van der Waals surface area (Å²) in [6, 6.07) is 7.36. The molecule has 0 aliphatic heterocycles. The van der Waals surface area contributed by atoms with E-state index in [0.717, 1.165) is 5.56 Å². The summed E-state index contributed by atoms with van der Waals surface area (Å²) in [6.07, 6.45) is 1.18. The Kier molecular flexibility index (Phi) is 3.71. The van der Waals surface area contributed by atoms with Crippen LogP contribution in [0.2, 0.25) is 0 Å². The van der Waals surface area contributed by atoms with Gasteiger partial charge in [-0.3, -0.25) is 0 Å². The number of sulfonamides is 1. The Morgan fingerprint density at radius 2 is 1.93 bits per heavy atom. The van der Waals surface area contributed by atoms with E-state index in [4.69, 9.17) is 4.74 Å². The number of para-hydroxylation sites is 1. The molecule has 0 N–H and O–H groups in total. The lowest BCUT2D eigenvalue weighted by molar-refractivity contribution is 0.398. The molecule has 0 aliphatic carbocycles. The minimum atomic E-state index is -3.15. The van der Waals surface area contributed by atoms with Gasteiger partial charge in [0.2, 0.25) is 10.0 Å². The molecule has 0 bridgehead atoms. The van der Waals surface area contributed by atoms with Gasteiger partial charge in [-0.05, 0) is 6.07 Å². The molecule has 1 rings (SSSR count). The molecule has 0 radical (unpaired) electrons. The zero-order chi connectivity index (χ0) is 11.5. The van der Waals surface area contributed by atoms with Gasteiger partial charge >= 0.3 is 0 Å². The van der Waals surface area contributed by atoms with Crippen molar-refractivity contribution in [1.29, 1.82) is 0 Å². The van der Waals surface area contributed by atoms with E-state index in [1.54, 1.807) is 14.2 Å². The van der Waals surface area contributed by atoms with Crippen molar-refractivity contribution in [2.24, 2.45) is 0 Å². The van der Waals surface area contributed by atoms with Gasteiger partial charge in [0.25, 0.3) is 0 Å². The Morgan fingerprint density at radius 1 is 1.33 bits per heavy atom. The predicted molar refractivity (Wildman–Crippen MR) is 59.3 cm³/mol. The fourth-order valence-electron chi connectivity index (χ4n) is 1.19. The SMILES string of the molecule is COc1ccccc1CN(C)S(C)(=O)=O. The Balaban J connectivity index is 2.90. The summed E-state index contributed by atoms with van der Waals surface area (Å²) in [5.74, 6) is 0.702. The highest BCUT2D eigenvalue weighted by molar-refractivity contribution is 7.88. The molecule has 0 unspecified atom stereocenters. The molecule has 84 valence electrons. The minimum Gasteiger partial charge on any atom is -0.496 e. The molecule has 0 spiro atoms. The van der Waals surface area contributed by atoms with Crippen molar-refractivity contribution in [2.45, 2.75) is 6.54 Å². The van der Waals surface area contributed by atoms with E-state index in [1.165, 1.54) is 10.6 Å². The van der Waals surface area contributed by atoms with Gasteiger partial charge in [-0.25, -0.2) is 12.7 Å². The lowest BCUT2D eigenvalue weighted by Gasteiger charge is -2.15. The molecule has 4 nitrogen and oxygen atoms in total. The van der Waals surface area contributed by atoms with Gasteiger partial charge in [-0.1, -0.05) is 18.2 Å². The van der Waals surface area contributed by atoms with Crippen LogP contribution in [0.5, 0.6) is 5.75 Å². The number of hydrogen-bond donors (Lipinski definition) is 0. The zero-order valence-electron chi connectivity index (χ0n) is 9.10. The van der Waals surface area contributed by atoms with Crippen LogP contribution in [0.1, 0.15) is 5.56 Å². The third-order valence-electron chi connectivity index (χ3n) is 2.15. The third-order valence-corrected chi connectivity index (χ3v) is 3.41. The Labute approximate surface area is 90.5 Å². The summed E-state index contributed by atoms with van der Waals surface area (Å²) < 4.78 is 28.9. The summed E-state index contributed by atoms with van der Waals surface area (Å²) in [5, 5.41) is 0. The second kappa shape index (κ2) is 4.63. The van der Waals surface area contributed by atoms with E-state index in [9.17, 15) is 8.42 Å². The highest BCUT2D eigenvalue weighted by Gasteiger charge is 2.13. The van der Waals surface area contributed by atoms with Crippen molar-refractivity contribution in [2.75, 3.05) is 20.4 Å². The van der Waals surface area contributed by atoms with Crippen molar-refractivity contribution in [1.82, 2.24) is 4.31 Å². The monoisotopic (exact) mass is 229 g/mol. The second-order valence-corrected chi connectivity index (χ2v) is 5.42. The maximum absolute atomic E-state index is 11.2. The molecule has 5 heteroatoms. The van der Waals surface area contributed by atoms with Gasteiger partial charge in [0, 0.05) is 19.2 Å². The van der Waals surface area contributed by atoms with Gasteiger partial charge in [-0.2, -0.15) is 0 Å². The Morgan fingerprint density at radius 3 is 2.47 bits per heavy atom. The predicted octanol–water partition coefficient (Wildman–Crippen LogP) is 1.09. The highest BCUT2D eigenvalue weighted by atomic mass is 32.2. The topological polar surface area (TPSA) is 46.6 Å². The van der Waals surface area contributed by atoms with E-state index in [2.05, 4.69) is 0 Å². The third kappa shape index (κ3) is 3.21. The average Bonchev–Trinajstić information content (AvgIpc) is 2.17. The number of methoxy groups -OCH3 is 1. The van der Waals surface area contributed by atoms with Gasteiger partial charge in [0.1, 0.15) is 5.75 Å². The van der Waals surface area contributed by atoms with Gasteiger partial charge in [-0.15, -0.1) is 0 Å². The van der Waals surface area contributed by atoms with Crippen LogP contribution in [0.15, 0.2) is 24.3 Å². The fraction of sp³-hybridized carbons (Fsp3) is 0.400. The molecule has 0 saturated carbocycles. The Hall–Kier alpha value is -1.07. The van der Waals surface area contributed by atoms with Crippen LogP contribution in [-0.2, 0) is 16.6 Å². The average molecular weight is 229 g/mol. The first-order valence-electron chi connectivity index (χ1n) is 4.48. The molecular weight excluding hydrogens is 214 g/mol. The lowest BCUT2D eigenvalue weighted by atomic mass is 10.2. The fourth-order valence-corrected chi connectivity index (χ4v) is 1.56. The van der Waals surface area contributed by atoms with E-state index >= 15 is 0 Å². The standard InChI is InChI=1S/C10H15NO3S/c1-11(15(3,12)13)8-9-6-4-5-7-10(9)14-2/h4-7H,8H2,1-3H3. The van der Waals surface area contributed by atoms with Crippen molar-refractivity contribution < 1.29 is 13.2 Å². The van der Waals surface area contributed by atoms with Crippen LogP contribution in [0.3, 0.4) is 0 Å². The maximum atomic E-state index is 11.2. The maximum Gasteiger partial charge on any atom is 0.211 e. The molecule has 0 fully saturated rings. The summed E-state index contributed by atoms with van der Waals surface area (Å²) in [4.78, 5) is 0. The largest absolute Gasteiger partial charge is 0.496 e. The van der Waals surface area contributed by atoms with Crippen LogP contribution >= 0.6 is 0 Å². The molecule has 0 heterocycles. The molecule has 0 saturated heterocycles. The zero-order valence-corrected chi connectivity index (χ0v) is 9.91. The summed E-state index contributed by atoms with van der Waals surface area (Å²) in [7, 11) is -0.0361. The van der Waals surface area contributed by atoms with Crippen molar-refractivity contribution in [3.63, 3.8) is 0 Å². The first-order valence-corrected chi connectivity index (χ1v) is 6.33. The molecule has 1 aromatic carbocycles. The van der Waals surface area contributed by atoms with Crippen LogP contribution < -0.4 is 4.74 Å². The first-order chi connectivity index (χ1) is 6.95. The minimum absolute atomic E-state index is 0.322. The van der Waals surface area contributed by atoms with Crippen molar-refractivity contribution in [3.8, 4) is 5.75 Å². The first kappa shape index (κ1) is 12.0. The summed E-state index contributed by atoms with van der Waals surface area (Å²) in [6.45, 7) is 0.322. The van der Waals surface area contributed by atoms with Crippen LogP contribution in [0, 0.1) is 0 Å². The van der Waals surface area contributed by atoms with E-state index in [1.807, 2.05) is 24.3 Å². The highest BCUT2D eigenvalue weighted by Crippen LogP contribution is 2.19. The van der Waals surface area contributed by atoms with E-state index in [0.29, 0.717) is 12.3 Å². The number of hydrogen-bond acceptors (Lipinski definition) is 3. The van der Waals surface area contributed by atoms with Crippen LogP contribution in [0.25, 0.3) is 0 Å². The molecule has 0 aromatic heterocycles. The molecular formula is C10H15NO3S. The lowest BCUT2D eigenvalue weighted by Crippen LogP contribution is -2.25. The Bertz CT molecular complexity index is 428. The molecule has 0 amide bonds. The number of benzene rings is 1. The smallest absolute Gasteiger partial charge is 0.211 e. The normalized spacial score (nSPS) is 11.7. The van der Waals surface area contributed by atoms with Gasteiger partial charge < -0.3 is 4.74 Å². The molecule has 0 aliphatic rings. The van der Waals surface area contributed by atoms with Crippen LogP contribution in [0.4, 0.5) is 0 Å². The number of rotatable bonds is 4. The van der Waals surface area contributed by atoms with Crippen molar-refractivity contribution >= 4 is 10.0 Å². The van der Waals surface area contributed by atoms with E-state index in [-0.39, 0.29) is 0 Å². The molecule has 1 aromatic rings. The second-order valence-electron chi connectivity index (χ2n) is 3.33. The molecule has 0 atom stereocenters. The van der Waals surface area contributed by atoms with E-state index < -0.39 is 10.0 Å². The van der Waals surface area contributed by atoms with Crippen molar-refractivity contribution in [3.05, 3.63) is 29.8 Å². The summed E-state index contributed by atoms with van der Waals surface area (Å²) in [5.41, 5.74) is 0.855. The molecule has 15 heavy (non-hydrogen) atoms. The summed E-state index contributed by atoms with van der Waals surface area (Å²) >= 11 is 0. The van der Waals surface area contributed by atoms with Gasteiger partial charge in [0.05, 0.1) is 13.4 Å². The van der Waals surface area contributed by atoms with Gasteiger partial charge in [0.15, 0.2) is 0 Å².